The first-order valence-electron chi connectivity index (χ1n) is 9.76. The third-order valence-corrected chi connectivity index (χ3v) is 4.98. The Hall–Kier alpha value is -4.00. The van der Waals surface area contributed by atoms with E-state index in [9.17, 15) is 5.11 Å². The molecule has 0 spiro atoms. The number of nitrogens with zero attached hydrogens (tertiary/aromatic N) is 6. The van der Waals surface area contributed by atoms with Crippen LogP contribution < -0.4 is 0 Å². The molecule has 7 heteroatoms. The monoisotopic (exact) mass is 396 g/mol. The molecule has 0 aliphatic carbocycles. The van der Waals surface area contributed by atoms with Crippen molar-refractivity contribution >= 4 is 5.52 Å². The standard InChI is InChI=1S/C23H20N6O/c1-15(2)28-13-11-18(26-28)17-14-29-21(20(17)16-8-4-3-5-9-16)23(30)25-22(27-29)19-10-6-7-12-24-19/h3-15H,1-2H3,(H,25,27,30). The zero-order valence-electron chi connectivity index (χ0n) is 16.6. The highest BCUT2D eigenvalue weighted by Crippen LogP contribution is 2.39. The van der Waals surface area contributed by atoms with Crippen LogP contribution in [0.4, 0.5) is 0 Å². The molecule has 0 unspecified atom stereocenters. The van der Waals surface area contributed by atoms with Crippen LogP contribution in [0.2, 0.25) is 0 Å². The molecule has 4 heterocycles. The number of fused-ring (bicyclic) bond motifs is 1. The van der Waals surface area contributed by atoms with Crippen molar-refractivity contribution in [3.8, 4) is 39.8 Å². The van der Waals surface area contributed by atoms with Crippen molar-refractivity contribution in [3.63, 3.8) is 0 Å². The molecule has 0 fully saturated rings. The molecule has 0 aliphatic heterocycles. The van der Waals surface area contributed by atoms with E-state index in [1.807, 2.05) is 71.7 Å². The molecule has 0 atom stereocenters. The highest BCUT2D eigenvalue weighted by molar-refractivity contribution is 5.95. The van der Waals surface area contributed by atoms with Crippen LogP contribution in [0.25, 0.3) is 39.4 Å². The van der Waals surface area contributed by atoms with Gasteiger partial charge in [-0.3, -0.25) is 9.67 Å². The molecule has 5 aromatic rings. The topological polar surface area (TPSA) is 81.1 Å². The quantitative estimate of drug-likeness (QED) is 0.480. The van der Waals surface area contributed by atoms with Crippen LogP contribution in [0, 0.1) is 0 Å². The Morgan fingerprint density at radius 3 is 2.40 bits per heavy atom. The van der Waals surface area contributed by atoms with E-state index >= 15 is 0 Å². The summed E-state index contributed by atoms with van der Waals surface area (Å²) in [6.45, 7) is 4.17. The summed E-state index contributed by atoms with van der Waals surface area (Å²) in [4.78, 5) is 8.63. The van der Waals surface area contributed by atoms with E-state index in [4.69, 9.17) is 5.10 Å². The molecular weight excluding hydrogens is 376 g/mol. The Morgan fingerprint density at radius 2 is 1.70 bits per heavy atom. The Balaban J connectivity index is 1.79. The van der Waals surface area contributed by atoms with Gasteiger partial charge in [-0.2, -0.15) is 10.1 Å². The molecular formula is C23H20N6O. The van der Waals surface area contributed by atoms with Crippen LogP contribution in [0.15, 0.2) is 73.2 Å². The summed E-state index contributed by atoms with van der Waals surface area (Å²) in [7, 11) is 0. The molecule has 1 N–H and O–H groups in total. The first-order valence-corrected chi connectivity index (χ1v) is 9.76. The van der Waals surface area contributed by atoms with Crippen molar-refractivity contribution < 1.29 is 5.11 Å². The van der Waals surface area contributed by atoms with Gasteiger partial charge >= 0.3 is 0 Å². The summed E-state index contributed by atoms with van der Waals surface area (Å²) < 4.78 is 3.58. The summed E-state index contributed by atoms with van der Waals surface area (Å²) in [6.07, 6.45) is 5.52. The molecule has 0 radical (unpaired) electrons. The largest absolute Gasteiger partial charge is 0.492 e. The lowest BCUT2D eigenvalue weighted by molar-refractivity contribution is 0.455. The highest BCUT2D eigenvalue weighted by Gasteiger charge is 2.22. The van der Waals surface area contributed by atoms with Crippen LogP contribution in [0.5, 0.6) is 5.88 Å². The molecule has 30 heavy (non-hydrogen) atoms. The second kappa shape index (κ2) is 7.11. The number of benzene rings is 1. The summed E-state index contributed by atoms with van der Waals surface area (Å²) in [5.74, 6) is 0.258. The molecule has 0 amide bonds. The third-order valence-electron chi connectivity index (χ3n) is 4.98. The number of hydrogen-bond acceptors (Lipinski definition) is 5. The fourth-order valence-electron chi connectivity index (χ4n) is 3.53. The molecule has 148 valence electrons. The Bertz CT molecular complexity index is 1320. The minimum Gasteiger partial charge on any atom is -0.492 e. The zero-order chi connectivity index (χ0) is 20.7. The third kappa shape index (κ3) is 3.00. The zero-order valence-corrected chi connectivity index (χ0v) is 16.6. The fraction of sp³-hybridized carbons (Fsp3) is 0.130. The maximum atomic E-state index is 10.9. The van der Waals surface area contributed by atoms with Gasteiger partial charge in [0.1, 0.15) is 11.2 Å². The van der Waals surface area contributed by atoms with Gasteiger partial charge in [0, 0.05) is 35.8 Å². The molecule has 7 nitrogen and oxygen atoms in total. The van der Waals surface area contributed by atoms with E-state index in [2.05, 4.69) is 28.9 Å². The Kier molecular flexibility index (Phi) is 4.28. The minimum absolute atomic E-state index is 0.0981. The van der Waals surface area contributed by atoms with Crippen molar-refractivity contribution in [2.45, 2.75) is 19.9 Å². The van der Waals surface area contributed by atoms with E-state index in [0.717, 1.165) is 22.4 Å². The highest BCUT2D eigenvalue weighted by atomic mass is 16.3. The van der Waals surface area contributed by atoms with Crippen molar-refractivity contribution in [2.75, 3.05) is 0 Å². The van der Waals surface area contributed by atoms with Crippen molar-refractivity contribution in [3.05, 3.63) is 73.2 Å². The van der Waals surface area contributed by atoms with E-state index < -0.39 is 0 Å². The first kappa shape index (κ1) is 18.1. The van der Waals surface area contributed by atoms with Crippen LogP contribution in [-0.2, 0) is 0 Å². The molecule has 0 saturated carbocycles. The first-order chi connectivity index (χ1) is 14.6. The van der Waals surface area contributed by atoms with Gasteiger partial charge in [0.05, 0.1) is 5.69 Å². The number of rotatable bonds is 4. The Morgan fingerprint density at radius 1 is 0.900 bits per heavy atom. The van der Waals surface area contributed by atoms with Crippen molar-refractivity contribution in [1.82, 2.24) is 29.4 Å². The van der Waals surface area contributed by atoms with Crippen LogP contribution in [-0.4, -0.2) is 34.5 Å². The van der Waals surface area contributed by atoms with Crippen molar-refractivity contribution in [1.29, 1.82) is 0 Å². The van der Waals surface area contributed by atoms with Gasteiger partial charge in [-0.15, -0.1) is 5.10 Å². The second-order valence-corrected chi connectivity index (χ2v) is 7.33. The van der Waals surface area contributed by atoms with Crippen molar-refractivity contribution in [2.24, 2.45) is 0 Å². The summed E-state index contributed by atoms with van der Waals surface area (Å²) in [5.41, 5.74) is 4.62. The van der Waals surface area contributed by atoms with Gasteiger partial charge in [0.15, 0.2) is 0 Å². The van der Waals surface area contributed by atoms with Gasteiger partial charge in [-0.1, -0.05) is 36.4 Å². The molecule has 0 bridgehead atoms. The molecule has 5 rings (SSSR count). The van der Waals surface area contributed by atoms with Crippen LogP contribution >= 0.6 is 0 Å². The lowest BCUT2D eigenvalue weighted by atomic mass is 10.0. The van der Waals surface area contributed by atoms with E-state index in [1.54, 1.807) is 10.7 Å². The lowest BCUT2D eigenvalue weighted by Gasteiger charge is -2.06. The van der Waals surface area contributed by atoms with E-state index in [0.29, 0.717) is 17.0 Å². The van der Waals surface area contributed by atoms with Crippen LogP contribution in [0.3, 0.4) is 0 Å². The predicted molar refractivity (Wildman–Crippen MR) is 115 cm³/mol. The summed E-state index contributed by atoms with van der Waals surface area (Å²) in [5, 5.41) is 20.2. The second-order valence-electron chi connectivity index (χ2n) is 7.33. The van der Waals surface area contributed by atoms with Gasteiger partial charge in [-0.05, 0) is 37.6 Å². The molecule has 0 aliphatic rings. The molecule has 1 aromatic carbocycles. The van der Waals surface area contributed by atoms with E-state index in [1.165, 1.54) is 0 Å². The SMILES string of the molecule is CC(C)n1ccc(-c2cn3nc(-c4ccccn4)nc(O)c3c2-c2ccccc2)n1. The van der Waals surface area contributed by atoms with Crippen LogP contribution in [0.1, 0.15) is 19.9 Å². The number of pyridine rings is 1. The average Bonchev–Trinajstić information content (AvgIpc) is 3.40. The molecule has 4 aromatic heterocycles. The smallest absolute Gasteiger partial charge is 0.240 e. The van der Waals surface area contributed by atoms with Gasteiger partial charge in [0.2, 0.25) is 11.7 Å². The van der Waals surface area contributed by atoms with Gasteiger partial charge in [-0.25, -0.2) is 4.52 Å². The molecule has 0 saturated heterocycles. The summed E-state index contributed by atoms with van der Waals surface area (Å²) in [6, 6.07) is 17.6. The fourth-order valence-corrected chi connectivity index (χ4v) is 3.53. The number of aromatic hydroxyl groups is 1. The number of hydrogen-bond donors (Lipinski definition) is 1. The van der Waals surface area contributed by atoms with E-state index in [-0.39, 0.29) is 11.9 Å². The maximum Gasteiger partial charge on any atom is 0.240 e. The van der Waals surface area contributed by atoms with Gasteiger partial charge < -0.3 is 5.11 Å². The predicted octanol–water partition coefficient (Wildman–Crippen LogP) is 4.61. The normalized spacial score (nSPS) is 11.4. The average molecular weight is 396 g/mol. The minimum atomic E-state index is -0.0981. The number of aromatic nitrogens is 6. The lowest BCUT2D eigenvalue weighted by Crippen LogP contribution is -2.00. The van der Waals surface area contributed by atoms with Gasteiger partial charge in [0.25, 0.3) is 0 Å². The maximum absolute atomic E-state index is 10.9. The summed E-state index contributed by atoms with van der Waals surface area (Å²) >= 11 is 0. The Labute approximate surface area is 173 Å².